The Morgan fingerprint density at radius 2 is 2.14 bits per heavy atom. The minimum absolute atomic E-state index is 0.00764. The highest BCUT2D eigenvalue weighted by molar-refractivity contribution is 6.02. The van der Waals surface area contributed by atoms with Gasteiger partial charge in [0.2, 0.25) is 0 Å². The van der Waals surface area contributed by atoms with E-state index in [0.29, 0.717) is 6.07 Å². The Balaban J connectivity index is 2.19. The number of nitro groups is 1. The van der Waals surface area contributed by atoms with Gasteiger partial charge in [-0.25, -0.2) is 9.37 Å². The number of benzene rings is 1. The summed E-state index contributed by atoms with van der Waals surface area (Å²) in [5.41, 5.74) is -0.335. The van der Waals surface area contributed by atoms with Crippen LogP contribution in [-0.4, -0.2) is 15.8 Å². The first kappa shape index (κ1) is 14.1. The van der Waals surface area contributed by atoms with Crippen LogP contribution in [0.2, 0.25) is 0 Å². The van der Waals surface area contributed by atoms with Gasteiger partial charge < -0.3 is 5.32 Å². The van der Waals surface area contributed by atoms with Gasteiger partial charge in [0.25, 0.3) is 11.6 Å². The van der Waals surface area contributed by atoms with Gasteiger partial charge in [0, 0.05) is 12.3 Å². The van der Waals surface area contributed by atoms with Gasteiger partial charge in [0.15, 0.2) is 5.82 Å². The maximum atomic E-state index is 13.6. The number of nitrogens with one attached hydrogen (secondary N) is 1. The van der Waals surface area contributed by atoms with E-state index in [-0.39, 0.29) is 16.9 Å². The van der Waals surface area contributed by atoms with E-state index in [1.165, 1.54) is 18.3 Å². The molecule has 0 radical (unpaired) electrons. The highest BCUT2D eigenvalue weighted by atomic mass is 19.1. The first-order valence-corrected chi connectivity index (χ1v) is 5.62. The van der Waals surface area contributed by atoms with Gasteiger partial charge in [0.1, 0.15) is 11.8 Å². The van der Waals surface area contributed by atoms with E-state index in [1.54, 1.807) is 0 Å². The molecule has 0 unspecified atom stereocenters. The molecule has 21 heavy (non-hydrogen) atoms. The summed E-state index contributed by atoms with van der Waals surface area (Å²) in [5, 5.41) is 21.3. The number of carbonyl (C=O) groups is 1. The highest BCUT2D eigenvalue weighted by Gasteiger charge is 2.14. The molecule has 0 aliphatic rings. The van der Waals surface area contributed by atoms with Crippen LogP contribution in [0.15, 0.2) is 36.5 Å². The third kappa shape index (κ3) is 3.16. The van der Waals surface area contributed by atoms with E-state index in [4.69, 9.17) is 5.26 Å². The monoisotopic (exact) mass is 286 g/mol. The van der Waals surface area contributed by atoms with Gasteiger partial charge in [-0.05, 0) is 18.2 Å². The van der Waals surface area contributed by atoms with Crippen LogP contribution in [0, 0.1) is 27.3 Å². The molecule has 2 aromatic rings. The van der Waals surface area contributed by atoms with E-state index in [9.17, 15) is 19.3 Å². The van der Waals surface area contributed by atoms with Crippen LogP contribution < -0.4 is 5.32 Å². The molecule has 0 bridgehead atoms. The third-order valence-electron chi connectivity index (χ3n) is 2.54. The van der Waals surface area contributed by atoms with Gasteiger partial charge in [0.05, 0.1) is 22.2 Å². The lowest BCUT2D eigenvalue weighted by atomic mass is 10.2. The zero-order valence-corrected chi connectivity index (χ0v) is 10.4. The average molecular weight is 286 g/mol. The minimum atomic E-state index is -0.925. The fourth-order valence-corrected chi connectivity index (χ4v) is 1.50. The smallest absolute Gasteiger partial charge is 0.274 e. The number of pyridine rings is 1. The number of anilines is 1. The fourth-order valence-electron chi connectivity index (χ4n) is 1.50. The Bertz CT molecular complexity index is 753. The molecular formula is C13H7FN4O3. The van der Waals surface area contributed by atoms with Crippen molar-refractivity contribution in [2.75, 3.05) is 5.32 Å². The molecule has 0 atom stereocenters. The lowest BCUT2D eigenvalue weighted by Crippen LogP contribution is -2.14. The molecule has 0 saturated heterocycles. The summed E-state index contributed by atoms with van der Waals surface area (Å²) >= 11 is 0. The van der Waals surface area contributed by atoms with Crippen LogP contribution in [0.1, 0.15) is 16.1 Å². The van der Waals surface area contributed by atoms with Gasteiger partial charge in [-0.15, -0.1) is 0 Å². The van der Waals surface area contributed by atoms with Crippen LogP contribution in [0.4, 0.5) is 15.8 Å². The number of rotatable bonds is 3. The molecule has 1 aromatic carbocycles. The molecule has 104 valence electrons. The average Bonchev–Trinajstić information content (AvgIpc) is 2.49. The minimum Gasteiger partial charge on any atom is -0.318 e. The SMILES string of the molecule is N#Cc1ccc(C(=O)Nc2ccc([N+](=O)[O-])cc2F)nc1. The standard InChI is InChI=1S/C13H7FN4O3/c14-10-5-9(18(20)21)2-4-11(10)17-13(19)12-3-1-8(6-15)7-16-12/h1-5,7H,(H,17,19). The van der Waals surface area contributed by atoms with Crippen molar-refractivity contribution >= 4 is 17.3 Å². The first-order valence-electron chi connectivity index (χ1n) is 5.62. The highest BCUT2D eigenvalue weighted by Crippen LogP contribution is 2.20. The second-order valence-corrected chi connectivity index (χ2v) is 3.92. The van der Waals surface area contributed by atoms with E-state index < -0.39 is 22.3 Å². The van der Waals surface area contributed by atoms with Crippen molar-refractivity contribution in [3.8, 4) is 6.07 Å². The summed E-state index contributed by atoms with van der Waals surface area (Å²) in [6, 6.07) is 7.44. The molecule has 0 spiro atoms. The third-order valence-corrected chi connectivity index (χ3v) is 2.54. The second-order valence-electron chi connectivity index (χ2n) is 3.92. The Morgan fingerprint density at radius 3 is 2.67 bits per heavy atom. The molecule has 1 N–H and O–H groups in total. The van der Waals surface area contributed by atoms with Crippen molar-refractivity contribution < 1.29 is 14.1 Å². The van der Waals surface area contributed by atoms with Gasteiger partial charge in [-0.2, -0.15) is 5.26 Å². The summed E-state index contributed by atoms with van der Waals surface area (Å²) in [5.74, 6) is -1.61. The zero-order valence-electron chi connectivity index (χ0n) is 10.4. The number of carbonyl (C=O) groups excluding carboxylic acids is 1. The lowest BCUT2D eigenvalue weighted by Gasteiger charge is -2.05. The number of nitrogens with zero attached hydrogens (tertiary/aromatic N) is 3. The van der Waals surface area contributed by atoms with Crippen molar-refractivity contribution in [3.05, 3.63) is 63.7 Å². The van der Waals surface area contributed by atoms with Crippen molar-refractivity contribution in [3.63, 3.8) is 0 Å². The Kier molecular flexibility index (Phi) is 3.85. The first-order chi connectivity index (χ1) is 10.0. The maximum absolute atomic E-state index is 13.6. The van der Waals surface area contributed by atoms with E-state index in [0.717, 1.165) is 12.1 Å². The fraction of sp³-hybridized carbons (Fsp3) is 0. The zero-order chi connectivity index (χ0) is 15.4. The summed E-state index contributed by atoms with van der Waals surface area (Å²) < 4.78 is 13.6. The lowest BCUT2D eigenvalue weighted by molar-refractivity contribution is -0.385. The second kappa shape index (κ2) is 5.75. The summed E-state index contributed by atoms with van der Waals surface area (Å²) in [7, 11) is 0. The van der Waals surface area contributed by atoms with Crippen LogP contribution in [0.25, 0.3) is 0 Å². The van der Waals surface area contributed by atoms with Crippen LogP contribution in [0.5, 0.6) is 0 Å². The Morgan fingerprint density at radius 1 is 1.38 bits per heavy atom. The Labute approximate surface area is 117 Å². The number of nitriles is 1. The predicted molar refractivity (Wildman–Crippen MR) is 70.0 cm³/mol. The molecule has 1 heterocycles. The van der Waals surface area contributed by atoms with Crippen molar-refractivity contribution in [2.24, 2.45) is 0 Å². The predicted octanol–water partition coefficient (Wildman–Crippen LogP) is 2.25. The molecule has 0 saturated carbocycles. The summed E-state index contributed by atoms with van der Waals surface area (Å²) in [6.45, 7) is 0. The largest absolute Gasteiger partial charge is 0.318 e. The van der Waals surface area contributed by atoms with Crippen LogP contribution >= 0.6 is 0 Å². The number of hydrogen-bond acceptors (Lipinski definition) is 5. The summed E-state index contributed by atoms with van der Waals surface area (Å²) in [6.07, 6.45) is 1.21. The number of halogens is 1. The molecule has 0 aliphatic carbocycles. The van der Waals surface area contributed by atoms with Crippen molar-refractivity contribution in [1.29, 1.82) is 5.26 Å². The molecule has 0 fully saturated rings. The molecule has 2 rings (SSSR count). The number of amides is 1. The molecule has 1 aromatic heterocycles. The van der Waals surface area contributed by atoms with Gasteiger partial charge >= 0.3 is 0 Å². The number of hydrogen-bond donors (Lipinski definition) is 1. The summed E-state index contributed by atoms with van der Waals surface area (Å²) in [4.78, 5) is 25.3. The normalized spacial score (nSPS) is 9.71. The van der Waals surface area contributed by atoms with Gasteiger partial charge in [-0.1, -0.05) is 0 Å². The molecule has 7 nitrogen and oxygen atoms in total. The van der Waals surface area contributed by atoms with Gasteiger partial charge in [-0.3, -0.25) is 14.9 Å². The molecular weight excluding hydrogens is 279 g/mol. The quantitative estimate of drug-likeness (QED) is 0.687. The van der Waals surface area contributed by atoms with Crippen LogP contribution in [0.3, 0.4) is 0 Å². The number of nitro benzene ring substituents is 1. The Hall–Kier alpha value is -3.34. The number of aromatic nitrogens is 1. The number of non-ortho nitro benzene ring substituents is 1. The molecule has 0 aliphatic heterocycles. The van der Waals surface area contributed by atoms with Crippen molar-refractivity contribution in [2.45, 2.75) is 0 Å². The van der Waals surface area contributed by atoms with E-state index in [1.807, 2.05) is 6.07 Å². The molecule has 1 amide bonds. The van der Waals surface area contributed by atoms with E-state index >= 15 is 0 Å². The van der Waals surface area contributed by atoms with Crippen LogP contribution in [-0.2, 0) is 0 Å². The topological polar surface area (TPSA) is 109 Å². The maximum Gasteiger partial charge on any atom is 0.274 e. The van der Waals surface area contributed by atoms with Crippen molar-refractivity contribution in [1.82, 2.24) is 4.98 Å². The van der Waals surface area contributed by atoms with E-state index in [2.05, 4.69) is 10.3 Å². The molecule has 8 heteroatoms.